The van der Waals surface area contributed by atoms with Gasteiger partial charge in [-0.05, 0) is 37.3 Å². The van der Waals surface area contributed by atoms with Crippen molar-refractivity contribution >= 4 is 0 Å². The third-order valence-corrected chi connectivity index (χ3v) is 3.59. The van der Waals surface area contributed by atoms with E-state index in [-0.39, 0.29) is 0 Å². The molecule has 1 aromatic carbocycles. The molecular weight excluding hydrogens is 220 g/mol. The smallest absolute Gasteiger partial charge is 0.0233 e. The number of nitrogens with zero attached hydrogens (tertiary/aromatic N) is 2. The average molecular weight is 248 g/mol. The number of hydrogen-bond donors (Lipinski definition) is 0. The Bertz CT molecular complexity index is 298. The quantitative estimate of drug-likeness (QED) is 0.696. The molecule has 1 rings (SSSR count). The Kier molecular flexibility index (Phi) is 6.99. The fourth-order valence-electron chi connectivity index (χ4n) is 2.24. The molecule has 2 heteroatoms. The molecule has 102 valence electrons. The van der Waals surface area contributed by atoms with Crippen LogP contribution in [-0.2, 0) is 13.1 Å². The molecule has 0 aliphatic heterocycles. The lowest BCUT2D eigenvalue weighted by atomic mass is 10.1. The molecule has 0 fully saturated rings. The zero-order valence-corrected chi connectivity index (χ0v) is 12.4. The molecule has 0 aromatic heterocycles. The molecule has 0 aliphatic rings. The number of rotatable bonds is 8. The summed E-state index contributed by atoms with van der Waals surface area (Å²) >= 11 is 0. The molecule has 0 saturated carbocycles. The van der Waals surface area contributed by atoms with Crippen molar-refractivity contribution in [1.29, 1.82) is 0 Å². The molecule has 0 spiro atoms. The first-order chi connectivity index (χ1) is 8.73. The first kappa shape index (κ1) is 15.2. The Hall–Kier alpha value is -0.860. The summed E-state index contributed by atoms with van der Waals surface area (Å²) in [6, 6.07) is 9.03. The van der Waals surface area contributed by atoms with Gasteiger partial charge in [-0.3, -0.25) is 9.80 Å². The standard InChI is InChI=1S/C16H28N2/c1-5-17(6-2)13-15-10-9-11-16(12-15)14-18(7-3)8-4/h9-12H,5-8,13-14H2,1-4H3. The maximum atomic E-state index is 2.45. The van der Waals surface area contributed by atoms with Gasteiger partial charge in [-0.15, -0.1) is 0 Å². The highest BCUT2D eigenvalue weighted by Gasteiger charge is 2.04. The summed E-state index contributed by atoms with van der Waals surface area (Å²) in [6.07, 6.45) is 0. The first-order valence-corrected chi connectivity index (χ1v) is 7.25. The minimum Gasteiger partial charge on any atom is -0.300 e. The lowest BCUT2D eigenvalue weighted by Crippen LogP contribution is -2.23. The lowest BCUT2D eigenvalue weighted by molar-refractivity contribution is 0.291. The van der Waals surface area contributed by atoms with E-state index in [0.717, 1.165) is 39.3 Å². The van der Waals surface area contributed by atoms with Crippen molar-refractivity contribution < 1.29 is 0 Å². The SMILES string of the molecule is CCN(CC)Cc1cccc(CN(CC)CC)c1. The van der Waals surface area contributed by atoms with Crippen molar-refractivity contribution in [3.05, 3.63) is 35.4 Å². The highest BCUT2D eigenvalue weighted by Crippen LogP contribution is 2.10. The van der Waals surface area contributed by atoms with E-state index >= 15 is 0 Å². The van der Waals surface area contributed by atoms with Gasteiger partial charge in [0.1, 0.15) is 0 Å². The van der Waals surface area contributed by atoms with E-state index in [9.17, 15) is 0 Å². The molecular formula is C16H28N2. The van der Waals surface area contributed by atoms with E-state index in [4.69, 9.17) is 0 Å². The second-order valence-corrected chi connectivity index (χ2v) is 4.74. The monoisotopic (exact) mass is 248 g/mol. The molecule has 0 aliphatic carbocycles. The minimum absolute atomic E-state index is 1.07. The molecule has 0 unspecified atom stereocenters. The summed E-state index contributed by atoms with van der Waals surface area (Å²) in [5.41, 5.74) is 2.87. The fraction of sp³-hybridized carbons (Fsp3) is 0.625. The summed E-state index contributed by atoms with van der Waals surface area (Å²) in [5, 5.41) is 0. The average Bonchev–Trinajstić information content (AvgIpc) is 2.42. The van der Waals surface area contributed by atoms with Crippen LogP contribution in [-0.4, -0.2) is 36.0 Å². The van der Waals surface area contributed by atoms with Crippen LogP contribution in [0.25, 0.3) is 0 Å². The largest absolute Gasteiger partial charge is 0.300 e. The molecule has 0 radical (unpaired) electrons. The van der Waals surface area contributed by atoms with Gasteiger partial charge in [0.15, 0.2) is 0 Å². The van der Waals surface area contributed by atoms with Crippen LogP contribution in [0.3, 0.4) is 0 Å². The van der Waals surface area contributed by atoms with Crippen LogP contribution in [0.5, 0.6) is 0 Å². The maximum absolute atomic E-state index is 2.45. The molecule has 0 amide bonds. The third kappa shape index (κ3) is 4.79. The normalized spacial score (nSPS) is 11.4. The summed E-state index contributed by atoms with van der Waals surface area (Å²) < 4.78 is 0. The van der Waals surface area contributed by atoms with Crippen LogP contribution >= 0.6 is 0 Å². The van der Waals surface area contributed by atoms with Crippen molar-refractivity contribution in [2.45, 2.75) is 40.8 Å². The Morgan fingerprint density at radius 2 is 1.11 bits per heavy atom. The maximum Gasteiger partial charge on any atom is 0.0233 e. The van der Waals surface area contributed by atoms with E-state index in [1.54, 1.807) is 0 Å². The summed E-state index contributed by atoms with van der Waals surface area (Å²) in [4.78, 5) is 4.91. The molecule has 0 saturated heterocycles. The summed E-state index contributed by atoms with van der Waals surface area (Å²) in [6.45, 7) is 15.5. The molecule has 0 N–H and O–H groups in total. The minimum atomic E-state index is 1.07. The van der Waals surface area contributed by atoms with E-state index < -0.39 is 0 Å². The van der Waals surface area contributed by atoms with Gasteiger partial charge in [0.25, 0.3) is 0 Å². The van der Waals surface area contributed by atoms with Gasteiger partial charge in [0.2, 0.25) is 0 Å². The third-order valence-electron chi connectivity index (χ3n) is 3.59. The summed E-state index contributed by atoms with van der Waals surface area (Å²) in [5.74, 6) is 0. The second kappa shape index (κ2) is 8.28. The molecule has 0 bridgehead atoms. The van der Waals surface area contributed by atoms with Gasteiger partial charge in [-0.1, -0.05) is 52.0 Å². The van der Waals surface area contributed by atoms with Crippen molar-refractivity contribution in [3.63, 3.8) is 0 Å². The van der Waals surface area contributed by atoms with E-state index in [2.05, 4.69) is 61.8 Å². The van der Waals surface area contributed by atoms with Gasteiger partial charge >= 0.3 is 0 Å². The van der Waals surface area contributed by atoms with E-state index in [1.165, 1.54) is 11.1 Å². The Morgan fingerprint density at radius 3 is 1.44 bits per heavy atom. The van der Waals surface area contributed by atoms with Crippen molar-refractivity contribution in [2.75, 3.05) is 26.2 Å². The zero-order valence-electron chi connectivity index (χ0n) is 12.4. The first-order valence-electron chi connectivity index (χ1n) is 7.25. The molecule has 18 heavy (non-hydrogen) atoms. The zero-order chi connectivity index (χ0) is 13.4. The van der Waals surface area contributed by atoms with Crippen LogP contribution in [0.4, 0.5) is 0 Å². The van der Waals surface area contributed by atoms with Crippen LogP contribution in [0.15, 0.2) is 24.3 Å². The molecule has 2 nitrogen and oxygen atoms in total. The Balaban J connectivity index is 2.66. The van der Waals surface area contributed by atoms with Crippen LogP contribution < -0.4 is 0 Å². The van der Waals surface area contributed by atoms with Crippen molar-refractivity contribution in [2.24, 2.45) is 0 Å². The summed E-state index contributed by atoms with van der Waals surface area (Å²) in [7, 11) is 0. The number of hydrogen-bond acceptors (Lipinski definition) is 2. The predicted octanol–water partition coefficient (Wildman–Crippen LogP) is 3.37. The topological polar surface area (TPSA) is 6.48 Å². The van der Waals surface area contributed by atoms with Gasteiger partial charge < -0.3 is 0 Å². The van der Waals surface area contributed by atoms with Gasteiger partial charge in [0.05, 0.1) is 0 Å². The number of benzene rings is 1. The molecule has 0 heterocycles. The van der Waals surface area contributed by atoms with Gasteiger partial charge in [0, 0.05) is 13.1 Å². The van der Waals surface area contributed by atoms with Crippen molar-refractivity contribution in [1.82, 2.24) is 9.80 Å². The van der Waals surface area contributed by atoms with Crippen LogP contribution in [0, 0.1) is 0 Å². The predicted molar refractivity (Wildman–Crippen MR) is 79.7 cm³/mol. The highest BCUT2D eigenvalue weighted by atomic mass is 15.1. The molecule has 0 atom stereocenters. The van der Waals surface area contributed by atoms with Gasteiger partial charge in [-0.2, -0.15) is 0 Å². The van der Waals surface area contributed by atoms with Crippen LogP contribution in [0.1, 0.15) is 38.8 Å². The van der Waals surface area contributed by atoms with Gasteiger partial charge in [-0.25, -0.2) is 0 Å². The van der Waals surface area contributed by atoms with Crippen molar-refractivity contribution in [3.8, 4) is 0 Å². The Morgan fingerprint density at radius 1 is 0.722 bits per heavy atom. The Labute approximate surface area is 113 Å². The van der Waals surface area contributed by atoms with E-state index in [0.29, 0.717) is 0 Å². The fourth-order valence-corrected chi connectivity index (χ4v) is 2.24. The second-order valence-electron chi connectivity index (χ2n) is 4.74. The van der Waals surface area contributed by atoms with Crippen LogP contribution in [0.2, 0.25) is 0 Å². The lowest BCUT2D eigenvalue weighted by Gasteiger charge is -2.20. The van der Waals surface area contributed by atoms with E-state index in [1.807, 2.05) is 0 Å². The highest BCUT2D eigenvalue weighted by molar-refractivity contribution is 5.23. The molecule has 1 aromatic rings.